The Kier molecular flexibility index (Phi) is 10.4. The first kappa shape index (κ1) is 21.9. The van der Waals surface area contributed by atoms with Gasteiger partial charge in [-0.2, -0.15) is 11.8 Å². The molecule has 0 fully saturated rings. The molecule has 7 nitrogen and oxygen atoms in total. The van der Waals surface area contributed by atoms with E-state index in [0.29, 0.717) is 12.4 Å². The van der Waals surface area contributed by atoms with Gasteiger partial charge in [-0.25, -0.2) is 0 Å². The number of nitrogens with one attached hydrogen (secondary N) is 2. The molecule has 26 heavy (non-hydrogen) atoms. The lowest BCUT2D eigenvalue weighted by Gasteiger charge is -2.15. The minimum atomic E-state index is -0.511. The molecule has 0 aliphatic rings. The van der Waals surface area contributed by atoms with Crippen molar-refractivity contribution in [2.75, 3.05) is 31.9 Å². The first-order chi connectivity index (χ1) is 12.5. The molecule has 1 rings (SSSR count). The van der Waals surface area contributed by atoms with Gasteiger partial charge in [0.25, 0.3) is 6.20 Å². The van der Waals surface area contributed by atoms with Gasteiger partial charge in [-0.3, -0.25) is 15.0 Å². The van der Waals surface area contributed by atoms with Gasteiger partial charge in [0.2, 0.25) is 0 Å². The topological polar surface area (TPSA) is 83.6 Å². The normalized spacial score (nSPS) is 11.4. The van der Waals surface area contributed by atoms with Crippen LogP contribution in [-0.4, -0.2) is 41.8 Å². The van der Waals surface area contributed by atoms with Crippen LogP contribution in [0.4, 0.5) is 0 Å². The van der Waals surface area contributed by atoms with Crippen molar-refractivity contribution < 1.29 is 9.34 Å². The Balaban J connectivity index is 2.40. The zero-order valence-electron chi connectivity index (χ0n) is 15.7. The molecule has 8 heteroatoms. The Bertz CT molecular complexity index is 633. The average molecular weight is 381 g/mol. The highest BCUT2D eigenvalue weighted by Crippen LogP contribution is 2.21. The SMILES string of the molecule is C#CCN/C(=C/[N+](=O)[O-])NCCSCc1oc(CN(CC)CC)cc1C. The third kappa shape index (κ3) is 8.32. The van der Waals surface area contributed by atoms with Gasteiger partial charge >= 0.3 is 0 Å². The third-order valence-corrected chi connectivity index (χ3v) is 4.72. The van der Waals surface area contributed by atoms with E-state index in [1.54, 1.807) is 11.8 Å². The molecule has 0 amide bonds. The van der Waals surface area contributed by atoms with Crippen LogP contribution >= 0.6 is 11.8 Å². The van der Waals surface area contributed by atoms with E-state index in [9.17, 15) is 10.1 Å². The molecular formula is C18H28N4O3S. The summed E-state index contributed by atoms with van der Waals surface area (Å²) < 4.78 is 5.96. The van der Waals surface area contributed by atoms with Gasteiger partial charge in [0.05, 0.1) is 23.8 Å². The second-order valence-corrected chi connectivity index (χ2v) is 6.75. The van der Waals surface area contributed by atoms with E-state index < -0.39 is 4.92 Å². The molecule has 0 aromatic carbocycles. The van der Waals surface area contributed by atoms with E-state index in [1.165, 1.54) is 0 Å². The molecule has 0 aliphatic heterocycles. The van der Waals surface area contributed by atoms with Crippen molar-refractivity contribution in [1.82, 2.24) is 15.5 Å². The van der Waals surface area contributed by atoms with E-state index in [1.807, 2.05) is 0 Å². The number of aryl methyl sites for hydroxylation is 1. The fraction of sp³-hybridized carbons (Fsp3) is 0.556. The lowest BCUT2D eigenvalue weighted by molar-refractivity contribution is -0.404. The maximum absolute atomic E-state index is 10.6. The summed E-state index contributed by atoms with van der Waals surface area (Å²) in [6, 6.07) is 2.11. The Morgan fingerprint density at radius 1 is 1.46 bits per heavy atom. The zero-order chi connectivity index (χ0) is 19.4. The minimum Gasteiger partial charge on any atom is -0.464 e. The van der Waals surface area contributed by atoms with Crippen LogP contribution in [0, 0.1) is 29.4 Å². The molecule has 0 bridgehead atoms. The van der Waals surface area contributed by atoms with E-state index in [0.717, 1.165) is 54.4 Å². The molecule has 1 aromatic rings. The summed E-state index contributed by atoms with van der Waals surface area (Å²) in [6.45, 7) is 10.0. The highest BCUT2D eigenvalue weighted by molar-refractivity contribution is 7.98. The number of hydrogen-bond donors (Lipinski definition) is 2. The van der Waals surface area contributed by atoms with Gasteiger partial charge in [-0.05, 0) is 31.6 Å². The van der Waals surface area contributed by atoms with E-state index >= 15 is 0 Å². The number of nitrogens with zero attached hydrogens (tertiary/aromatic N) is 2. The molecule has 0 radical (unpaired) electrons. The molecule has 0 saturated carbocycles. The summed E-state index contributed by atoms with van der Waals surface area (Å²) in [6.07, 6.45) is 6.04. The molecule has 0 unspecified atom stereocenters. The van der Waals surface area contributed by atoms with E-state index in [2.05, 4.69) is 48.3 Å². The van der Waals surface area contributed by atoms with Crippen molar-refractivity contribution in [3.8, 4) is 12.3 Å². The summed E-state index contributed by atoms with van der Waals surface area (Å²) in [7, 11) is 0. The number of hydrogen-bond acceptors (Lipinski definition) is 7. The van der Waals surface area contributed by atoms with Gasteiger partial charge < -0.3 is 15.1 Å². The largest absolute Gasteiger partial charge is 0.464 e. The molecule has 0 spiro atoms. The van der Waals surface area contributed by atoms with Crippen molar-refractivity contribution >= 4 is 11.8 Å². The molecule has 1 heterocycles. The fourth-order valence-electron chi connectivity index (χ4n) is 2.31. The van der Waals surface area contributed by atoms with Crippen LogP contribution in [0.5, 0.6) is 0 Å². The van der Waals surface area contributed by atoms with Crippen molar-refractivity contribution in [2.24, 2.45) is 0 Å². The minimum absolute atomic E-state index is 0.237. The highest BCUT2D eigenvalue weighted by Gasteiger charge is 2.10. The van der Waals surface area contributed by atoms with Gasteiger partial charge in [0.15, 0.2) is 5.82 Å². The summed E-state index contributed by atoms with van der Waals surface area (Å²) in [5.74, 6) is 6.26. The zero-order valence-corrected chi connectivity index (χ0v) is 16.5. The second-order valence-electron chi connectivity index (χ2n) is 5.65. The Morgan fingerprint density at radius 3 is 2.81 bits per heavy atom. The predicted octanol–water partition coefficient (Wildman–Crippen LogP) is 2.55. The lowest BCUT2D eigenvalue weighted by Crippen LogP contribution is -2.29. The maximum Gasteiger partial charge on any atom is 0.274 e. The number of thioether (sulfide) groups is 1. The first-order valence-electron chi connectivity index (χ1n) is 8.64. The number of terminal acetylenes is 1. The van der Waals surface area contributed by atoms with Crippen molar-refractivity contribution in [2.45, 2.75) is 33.1 Å². The molecule has 0 atom stereocenters. The van der Waals surface area contributed by atoms with Crippen LogP contribution in [0.25, 0.3) is 0 Å². The molecule has 144 valence electrons. The van der Waals surface area contributed by atoms with Crippen LogP contribution in [-0.2, 0) is 12.3 Å². The molecular weight excluding hydrogens is 352 g/mol. The summed E-state index contributed by atoms with van der Waals surface area (Å²) >= 11 is 1.71. The smallest absolute Gasteiger partial charge is 0.274 e. The van der Waals surface area contributed by atoms with Crippen molar-refractivity contribution in [3.05, 3.63) is 45.3 Å². The quantitative estimate of drug-likeness (QED) is 0.235. The molecule has 1 aromatic heterocycles. The van der Waals surface area contributed by atoms with E-state index in [-0.39, 0.29) is 6.54 Å². The van der Waals surface area contributed by atoms with Crippen LogP contribution in [0.3, 0.4) is 0 Å². The van der Waals surface area contributed by atoms with Crippen LogP contribution in [0.1, 0.15) is 30.9 Å². The van der Waals surface area contributed by atoms with E-state index in [4.69, 9.17) is 10.8 Å². The number of nitro groups is 1. The Morgan fingerprint density at radius 2 is 2.19 bits per heavy atom. The van der Waals surface area contributed by atoms with Crippen molar-refractivity contribution in [1.29, 1.82) is 0 Å². The van der Waals surface area contributed by atoms with Crippen molar-refractivity contribution in [3.63, 3.8) is 0 Å². The van der Waals surface area contributed by atoms with Gasteiger partial charge in [0, 0.05) is 12.3 Å². The summed E-state index contributed by atoms with van der Waals surface area (Å²) in [4.78, 5) is 12.4. The first-order valence-corrected chi connectivity index (χ1v) is 9.80. The highest BCUT2D eigenvalue weighted by atomic mass is 32.2. The predicted molar refractivity (Wildman–Crippen MR) is 106 cm³/mol. The van der Waals surface area contributed by atoms with Crippen LogP contribution < -0.4 is 10.6 Å². The monoisotopic (exact) mass is 380 g/mol. The van der Waals surface area contributed by atoms with Crippen LogP contribution in [0.15, 0.2) is 22.5 Å². The standard InChI is InChI=1S/C18H28N4O3S/c1-5-8-19-18(13-22(23)24)20-9-10-26-14-17-15(4)11-16(25-17)12-21(6-2)7-3/h1,11,13,19-20H,6-10,12,14H2,2-4H3/b18-13-. The van der Waals surface area contributed by atoms with Gasteiger partial charge in [-0.1, -0.05) is 19.8 Å². The second kappa shape index (κ2) is 12.3. The molecule has 2 N–H and O–H groups in total. The van der Waals surface area contributed by atoms with Gasteiger partial charge in [-0.15, -0.1) is 6.42 Å². The van der Waals surface area contributed by atoms with Crippen LogP contribution in [0.2, 0.25) is 0 Å². The number of furan rings is 1. The Hall–Kier alpha value is -2.11. The third-order valence-electron chi connectivity index (χ3n) is 3.76. The van der Waals surface area contributed by atoms with Gasteiger partial charge in [0.1, 0.15) is 11.5 Å². The molecule has 0 saturated heterocycles. The average Bonchev–Trinajstić information content (AvgIpc) is 2.96. The Labute approximate surface area is 159 Å². The lowest BCUT2D eigenvalue weighted by atomic mass is 10.3. The summed E-state index contributed by atoms with van der Waals surface area (Å²) in [5, 5.41) is 16.4. The maximum atomic E-state index is 10.6. The fourth-order valence-corrected chi connectivity index (χ4v) is 3.17. The summed E-state index contributed by atoms with van der Waals surface area (Å²) in [5.41, 5.74) is 1.16. The molecule has 0 aliphatic carbocycles. The number of rotatable bonds is 13.